The lowest BCUT2D eigenvalue weighted by Gasteiger charge is -2.36. The van der Waals surface area contributed by atoms with E-state index in [9.17, 15) is 9.59 Å². The van der Waals surface area contributed by atoms with Gasteiger partial charge in [-0.05, 0) is 23.5 Å². The van der Waals surface area contributed by atoms with Gasteiger partial charge in [0, 0.05) is 11.8 Å². The molecule has 1 saturated carbocycles. The number of methoxy groups -OCH3 is 1. The Morgan fingerprint density at radius 3 is 2.00 bits per heavy atom. The molecular weight excluding hydrogens is 392 g/mol. The number of allylic oxidation sites excluding steroid dienone is 1. The molecule has 31 heavy (non-hydrogen) atoms. The molecule has 0 amide bonds. The highest BCUT2D eigenvalue weighted by Gasteiger charge is 2.66. The molecule has 1 fully saturated rings. The van der Waals surface area contributed by atoms with Gasteiger partial charge in [-0.1, -0.05) is 72.8 Å². The van der Waals surface area contributed by atoms with Crippen molar-refractivity contribution in [3.63, 3.8) is 0 Å². The summed E-state index contributed by atoms with van der Waals surface area (Å²) in [6, 6.07) is 19.9. The molecule has 2 atom stereocenters. The SMILES string of the molecule is COC(=O)[C@@]12C=CC[C@@H]1C(COCc1ccccc1)(COCc1ccccc1)CC2=O. The molecule has 0 radical (unpaired) electrons. The molecule has 0 heterocycles. The Hall–Kier alpha value is -2.76. The first-order chi connectivity index (χ1) is 15.1. The number of carbonyl (C=O) groups excluding carboxylic acids is 2. The maximum absolute atomic E-state index is 13.2. The highest BCUT2D eigenvalue weighted by molar-refractivity contribution is 6.09. The first-order valence-corrected chi connectivity index (χ1v) is 10.6. The van der Waals surface area contributed by atoms with Crippen LogP contribution in [0.25, 0.3) is 0 Å². The number of benzene rings is 2. The van der Waals surface area contributed by atoms with Gasteiger partial charge in [0.05, 0.1) is 33.5 Å². The molecule has 5 heteroatoms. The van der Waals surface area contributed by atoms with Crippen molar-refractivity contribution in [2.45, 2.75) is 26.1 Å². The largest absolute Gasteiger partial charge is 0.468 e. The zero-order valence-electron chi connectivity index (χ0n) is 17.8. The number of ketones is 1. The van der Waals surface area contributed by atoms with Crippen molar-refractivity contribution in [3.05, 3.63) is 83.9 Å². The second-order valence-corrected chi connectivity index (χ2v) is 8.47. The van der Waals surface area contributed by atoms with Gasteiger partial charge in [-0.25, -0.2) is 0 Å². The molecule has 0 spiro atoms. The Labute approximate surface area is 183 Å². The smallest absolute Gasteiger partial charge is 0.323 e. The predicted molar refractivity (Wildman–Crippen MR) is 116 cm³/mol. The van der Waals surface area contributed by atoms with Crippen LogP contribution < -0.4 is 0 Å². The van der Waals surface area contributed by atoms with Crippen molar-refractivity contribution >= 4 is 11.8 Å². The topological polar surface area (TPSA) is 61.8 Å². The van der Waals surface area contributed by atoms with Crippen LogP contribution in [-0.2, 0) is 37.0 Å². The number of hydrogen-bond donors (Lipinski definition) is 0. The average molecular weight is 421 g/mol. The van der Waals surface area contributed by atoms with Gasteiger partial charge in [-0.2, -0.15) is 0 Å². The van der Waals surface area contributed by atoms with Crippen LogP contribution in [0.5, 0.6) is 0 Å². The van der Waals surface area contributed by atoms with Gasteiger partial charge < -0.3 is 14.2 Å². The summed E-state index contributed by atoms with van der Waals surface area (Å²) in [4.78, 5) is 25.9. The maximum Gasteiger partial charge on any atom is 0.323 e. The summed E-state index contributed by atoms with van der Waals surface area (Å²) in [7, 11) is 1.34. The van der Waals surface area contributed by atoms with Crippen LogP contribution in [0.2, 0.25) is 0 Å². The normalized spacial score (nSPS) is 23.6. The van der Waals surface area contributed by atoms with E-state index in [1.165, 1.54) is 7.11 Å². The number of Topliss-reactive ketones (excluding diaryl/α,β-unsaturated/α-hetero) is 1. The lowest BCUT2D eigenvalue weighted by molar-refractivity contribution is -0.156. The molecule has 0 aliphatic heterocycles. The standard InChI is InChI=1S/C26H28O5/c1-29-24(28)26-14-8-13-22(26)25(15-23(26)27,18-30-16-20-9-4-2-5-10-20)19-31-17-21-11-6-3-7-12-21/h2-12,14,22H,13,15-19H2,1H3/t22-,26+/m1/s1. The lowest BCUT2D eigenvalue weighted by atomic mass is 9.70. The average Bonchev–Trinajstić information content (AvgIpc) is 3.35. The second-order valence-electron chi connectivity index (χ2n) is 8.47. The van der Waals surface area contributed by atoms with Gasteiger partial charge in [-0.15, -0.1) is 0 Å². The monoisotopic (exact) mass is 420 g/mol. The van der Waals surface area contributed by atoms with Gasteiger partial charge in [-0.3, -0.25) is 9.59 Å². The summed E-state index contributed by atoms with van der Waals surface area (Å²) in [5.74, 6) is -0.819. The van der Waals surface area contributed by atoms with Gasteiger partial charge >= 0.3 is 5.97 Å². The Balaban J connectivity index is 1.53. The van der Waals surface area contributed by atoms with Crippen LogP contribution in [0, 0.1) is 16.7 Å². The van der Waals surface area contributed by atoms with E-state index in [0.717, 1.165) is 11.1 Å². The number of carbonyl (C=O) groups is 2. The molecule has 162 valence electrons. The molecule has 2 aliphatic carbocycles. The first kappa shape index (κ1) is 21.5. The second kappa shape index (κ2) is 9.16. The third kappa shape index (κ3) is 4.08. The Morgan fingerprint density at radius 2 is 1.48 bits per heavy atom. The summed E-state index contributed by atoms with van der Waals surface area (Å²) >= 11 is 0. The number of ether oxygens (including phenoxy) is 3. The molecule has 2 aromatic rings. The van der Waals surface area contributed by atoms with E-state index in [-0.39, 0.29) is 18.1 Å². The molecule has 5 nitrogen and oxygen atoms in total. The maximum atomic E-state index is 13.2. The quantitative estimate of drug-likeness (QED) is 0.347. The van der Waals surface area contributed by atoms with E-state index >= 15 is 0 Å². The highest BCUT2D eigenvalue weighted by atomic mass is 16.5. The summed E-state index contributed by atoms with van der Waals surface area (Å²) in [5.41, 5.74) is 0.325. The number of fused-ring (bicyclic) bond motifs is 1. The van der Waals surface area contributed by atoms with Gasteiger partial charge in [0.25, 0.3) is 0 Å². The summed E-state index contributed by atoms with van der Waals surface area (Å²) in [6.07, 6.45) is 4.52. The van der Waals surface area contributed by atoms with E-state index < -0.39 is 16.8 Å². The summed E-state index contributed by atoms with van der Waals surface area (Å²) < 4.78 is 17.3. The van der Waals surface area contributed by atoms with Crippen molar-refractivity contribution in [3.8, 4) is 0 Å². The highest BCUT2D eigenvalue weighted by Crippen LogP contribution is 2.58. The van der Waals surface area contributed by atoms with E-state index in [2.05, 4.69) is 0 Å². The lowest BCUT2D eigenvalue weighted by Crippen LogP contribution is -2.43. The number of hydrogen-bond acceptors (Lipinski definition) is 5. The van der Waals surface area contributed by atoms with Crippen molar-refractivity contribution in [2.24, 2.45) is 16.7 Å². The minimum atomic E-state index is -1.22. The Kier molecular flexibility index (Phi) is 6.35. The fourth-order valence-electron chi connectivity index (χ4n) is 5.03. The van der Waals surface area contributed by atoms with Crippen LogP contribution in [-0.4, -0.2) is 32.1 Å². The van der Waals surface area contributed by atoms with E-state index in [0.29, 0.717) is 32.8 Å². The predicted octanol–water partition coefficient (Wildman–Crippen LogP) is 4.11. The molecule has 0 bridgehead atoms. The minimum absolute atomic E-state index is 0.107. The molecule has 0 saturated heterocycles. The van der Waals surface area contributed by atoms with Crippen molar-refractivity contribution in [1.82, 2.24) is 0 Å². The first-order valence-electron chi connectivity index (χ1n) is 10.6. The van der Waals surface area contributed by atoms with Crippen LogP contribution in [0.1, 0.15) is 24.0 Å². The van der Waals surface area contributed by atoms with Crippen LogP contribution in [0.3, 0.4) is 0 Å². The van der Waals surface area contributed by atoms with Gasteiger partial charge in [0.15, 0.2) is 5.78 Å². The van der Waals surface area contributed by atoms with Crippen LogP contribution in [0.4, 0.5) is 0 Å². The van der Waals surface area contributed by atoms with Gasteiger partial charge in [0.2, 0.25) is 0 Å². The molecule has 2 aromatic carbocycles. The number of esters is 1. The zero-order chi connectivity index (χ0) is 21.7. The summed E-state index contributed by atoms with van der Waals surface area (Å²) in [6.45, 7) is 1.57. The van der Waals surface area contributed by atoms with Crippen molar-refractivity contribution in [2.75, 3.05) is 20.3 Å². The van der Waals surface area contributed by atoms with E-state index in [1.54, 1.807) is 6.08 Å². The molecular formula is C26H28O5. The molecule has 0 unspecified atom stereocenters. The molecule has 2 aliphatic rings. The van der Waals surface area contributed by atoms with Crippen molar-refractivity contribution < 1.29 is 23.8 Å². The molecule has 0 aromatic heterocycles. The van der Waals surface area contributed by atoms with E-state index in [4.69, 9.17) is 14.2 Å². The Bertz CT molecular complexity index is 891. The van der Waals surface area contributed by atoms with E-state index in [1.807, 2.05) is 66.7 Å². The number of rotatable bonds is 9. The van der Waals surface area contributed by atoms with Crippen LogP contribution in [0.15, 0.2) is 72.8 Å². The van der Waals surface area contributed by atoms with Crippen LogP contribution >= 0.6 is 0 Å². The fraction of sp³-hybridized carbons (Fsp3) is 0.385. The van der Waals surface area contributed by atoms with Gasteiger partial charge in [0.1, 0.15) is 5.41 Å². The third-order valence-electron chi connectivity index (χ3n) is 6.54. The fourth-order valence-corrected chi connectivity index (χ4v) is 5.03. The Morgan fingerprint density at radius 1 is 0.935 bits per heavy atom. The molecule has 0 N–H and O–H groups in total. The zero-order valence-corrected chi connectivity index (χ0v) is 17.8. The molecule has 4 rings (SSSR count). The van der Waals surface area contributed by atoms with Crippen molar-refractivity contribution in [1.29, 1.82) is 0 Å². The third-order valence-corrected chi connectivity index (χ3v) is 6.54. The summed E-state index contributed by atoms with van der Waals surface area (Å²) in [5, 5.41) is 0. The minimum Gasteiger partial charge on any atom is -0.468 e.